The van der Waals surface area contributed by atoms with Gasteiger partial charge in [0.2, 0.25) is 0 Å². The Kier molecular flexibility index (Phi) is 4.65. The van der Waals surface area contributed by atoms with E-state index >= 15 is 0 Å². The lowest BCUT2D eigenvalue weighted by molar-refractivity contribution is -0.384. The number of pyridine rings is 2. The molecule has 0 fully saturated rings. The van der Waals surface area contributed by atoms with E-state index in [0.29, 0.717) is 18.2 Å². The van der Waals surface area contributed by atoms with Gasteiger partial charge < -0.3 is 10.2 Å². The fraction of sp³-hybridized carbons (Fsp3) is 0.286. The van der Waals surface area contributed by atoms with Crippen LogP contribution in [0.1, 0.15) is 5.69 Å². The molecule has 0 aromatic carbocycles. The summed E-state index contributed by atoms with van der Waals surface area (Å²) in [5, 5.41) is 13.8. The summed E-state index contributed by atoms with van der Waals surface area (Å²) >= 11 is 0. The molecule has 0 aliphatic heterocycles. The zero-order valence-corrected chi connectivity index (χ0v) is 12.0. The number of rotatable bonds is 6. The summed E-state index contributed by atoms with van der Waals surface area (Å²) in [6.07, 6.45) is 2.50. The minimum atomic E-state index is -0.418. The molecule has 2 rings (SSSR count). The van der Waals surface area contributed by atoms with Gasteiger partial charge in [-0.15, -0.1) is 0 Å². The van der Waals surface area contributed by atoms with Crippen LogP contribution in [0, 0.1) is 10.1 Å². The van der Waals surface area contributed by atoms with Crippen LogP contribution < -0.4 is 10.2 Å². The van der Waals surface area contributed by atoms with E-state index < -0.39 is 4.92 Å². The standard InChI is InChI=1S/C14H17N5O2/c1-15-13-9-12(19(20)21)10-14(17-13)18(2)8-6-11-5-3-4-7-16-11/h3-5,7,9-10H,6,8H2,1-2H3,(H,15,17). The molecule has 7 nitrogen and oxygen atoms in total. The number of nitro groups is 1. The Morgan fingerprint density at radius 1 is 1.38 bits per heavy atom. The van der Waals surface area contributed by atoms with Gasteiger partial charge in [-0.1, -0.05) is 6.07 Å². The summed E-state index contributed by atoms with van der Waals surface area (Å²) in [4.78, 5) is 21.0. The second-order valence-corrected chi connectivity index (χ2v) is 4.57. The summed E-state index contributed by atoms with van der Waals surface area (Å²) in [7, 11) is 3.54. The molecule has 2 heterocycles. The second-order valence-electron chi connectivity index (χ2n) is 4.57. The van der Waals surface area contributed by atoms with Crippen molar-refractivity contribution in [1.82, 2.24) is 9.97 Å². The van der Waals surface area contributed by atoms with E-state index in [4.69, 9.17) is 0 Å². The van der Waals surface area contributed by atoms with Crippen LogP contribution in [0.4, 0.5) is 17.3 Å². The SMILES string of the molecule is CNc1cc([N+](=O)[O-])cc(N(C)CCc2ccccn2)n1. The quantitative estimate of drug-likeness (QED) is 0.647. The van der Waals surface area contributed by atoms with E-state index in [0.717, 1.165) is 12.1 Å². The van der Waals surface area contributed by atoms with Crippen molar-refractivity contribution in [3.8, 4) is 0 Å². The zero-order valence-electron chi connectivity index (χ0n) is 12.0. The normalized spacial score (nSPS) is 10.2. The van der Waals surface area contributed by atoms with Gasteiger partial charge in [0.15, 0.2) is 0 Å². The monoisotopic (exact) mass is 287 g/mol. The van der Waals surface area contributed by atoms with Crippen LogP contribution >= 0.6 is 0 Å². The molecule has 0 saturated heterocycles. The largest absolute Gasteiger partial charge is 0.373 e. The highest BCUT2D eigenvalue weighted by Crippen LogP contribution is 2.22. The second kappa shape index (κ2) is 6.65. The van der Waals surface area contributed by atoms with E-state index in [1.54, 1.807) is 13.2 Å². The number of anilines is 2. The van der Waals surface area contributed by atoms with Gasteiger partial charge in [0.05, 0.1) is 17.1 Å². The predicted octanol–water partition coefficient (Wildman–Crippen LogP) is 2.11. The van der Waals surface area contributed by atoms with Gasteiger partial charge in [-0.2, -0.15) is 0 Å². The van der Waals surface area contributed by atoms with Gasteiger partial charge in [0.25, 0.3) is 5.69 Å². The third-order valence-corrected chi connectivity index (χ3v) is 3.08. The van der Waals surface area contributed by atoms with Crippen molar-refractivity contribution in [2.24, 2.45) is 0 Å². The molecular formula is C14H17N5O2. The van der Waals surface area contributed by atoms with E-state index in [-0.39, 0.29) is 5.69 Å². The van der Waals surface area contributed by atoms with E-state index in [1.807, 2.05) is 30.1 Å². The highest BCUT2D eigenvalue weighted by Gasteiger charge is 2.13. The lowest BCUT2D eigenvalue weighted by Gasteiger charge is -2.18. The third-order valence-electron chi connectivity index (χ3n) is 3.08. The van der Waals surface area contributed by atoms with Gasteiger partial charge >= 0.3 is 0 Å². The van der Waals surface area contributed by atoms with Crippen LogP contribution in [0.5, 0.6) is 0 Å². The molecule has 0 aliphatic carbocycles. The van der Waals surface area contributed by atoms with Gasteiger partial charge in [0.1, 0.15) is 11.6 Å². The van der Waals surface area contributed by atoms with Crippen molar-refractivity contribution in [3.05, 3.63) is 52.3 Å². The van der Waals surface area contributed by atoms with Crippen LogP contribution in [-0.4, -0.2) is 35.5 Å². The summed E-state index contributed by atoms with van der Waals surface area (Å²) in [6, 6.07) is 8.64. The Hall–Kier alpha value is -2.70. The number of hydrogen-bond acceptors (Lipinski definition) is 6. The fourth-order valence-electron chi connectivity index (χ4n) is 1.87. The molecule has 0 bridgehead atoms. The topological polar surface area (TPSA) is 84.2 Å². The molecule has 110 valence electrons. The zero-order chi connectivity index (χ0) is 15.2. The first-order valence-electron chi connectivity index (χ1n) is 6.55. The minimum Gasteiger partial charge on any atom is -0.373 e. The molecule has 0 saturated carbocycles. The Bertz CT molecular complexity index is 618. The molecule has 0 unspecified atom stereocenters. The number of hydrogen-bond donors (Lipinski definition) is 1. The Balaban J connectivity index is 2.12. The summed E-state index contributed by atoms with van der Waals surface area (Å²) in [5.41, 5.74) is 0.998. The molecule has 2 aromatic heterocycles. The first kappa shape index (κ1) is 14.7. The summed E-state index contributed by atoms with van der Waals surface area (Å²) in [6.45, 7) is 0.675. The van der Waals surface area contributed by atoms with Crippen LogP contribution in [0.2, 0.25) is 0 Å². The maximum Gasteiger partial charge on any atom is 0.276 e. The van der Waals surface area contributed by atoms with Crippen molar-refractivity contribution in [2.75, 3.05) is 30.9 Å². The average Bonchev–Trinajstić information content (AvgIpc) is 2.53. The average molecular weight is 287 g/mol. The van der Waals surface area contributed by atoms with Crippen molar-refractivity contribution in [2.45, 2.75) is 6.42 Å². The lowest BCUT2D eigenvalue weighted by atomic mass is 10.2. The summed E-state index contributed by atoms with van der Waals surface area (Å²) in [5.74, 6) is 1.04. The third kappa shape index (κ3) is 3.88. The molecule has 0 atom stereocenters. The van der Waals surface area contributed by atoms with Gasteiger partial charge in [0, 0.05) is 39.0 Å². The molecule has 1 N–H and O–H groups in total. The molecule has 2 aromatic rings. The highest BCUT2D eigenvalue weighted by atomic mass is 16.6. The molecule has 21 heavy (non-hydrogen) atoms. The first-order valence-corrected chi connectivity index (χ1v) is 6.55. The Morgan fingerprint density at radius 3 is 2.81 bits per heavy atom. The highest BCUT2D eigenvalue weighted by molar-refractivity contribution is 5.55. The predicted molar refractivity (Wildman–Crippen MR) is 81.6 cm³/mol. The molecule has 7 heteroatoms. The number of aromatic nitrogens is 2. The molecule has 0 radical (unpaired) electrons. The minimum absolute atomic E-state index is 0.0223. The van der Waals surface area contributed by atoms with Crippen molar-refractivity contribution >= 4 is 17.3 Å². The molecule has 0 aliphatic rings. The smallest absolute Gasteiger partial charge is 0.276 e. The van der Waals surface area contributed by atoms with Gasteiger partial charge in [-0.3, -0.25) is 15.1 Å². The van der Waals surface area contributed by atoms with E-state index in [9.17, 15) is 10.1 Å². The van der Waals surface area contributed by atoms with Gasteiger partial charge in [-0.25, -0.2) is 4.98 Å². The number of nitrogens with zero attached hydrogens (tertiary/aromatic N) is 4. The maximum absolute atomic E-state index is 10.9. The van der Waals surface area contributed by atoms with Crippen LogP contribution in [0.15, 0.2) is 36.5 Å². The summed E-state index contributed by atoms with van der Waals surface area (Å²) < 4.78 is 0. The van der Waals surface area contributed by atoms with Crippen LogP contribution in [0.25, 0.3) is 0 Å². The van der Waals surface area contributed by atoms with Crippen molar-refractivity contribution < 1.29 is 4.92 Å². The fourth-order valence-corrected chi connectivity index (χ4v) is 1.87. The molecular weight excluding hydrogens is 270 g/mol. The number of likely N-dealkylation sites (N-methyl/N-ethyl adjacent to an activating group) is 1. The maximum atomic E-state index is 10.9. The van der Waals surface area contributed by atoms with E-state index in [1.165, 1.54) is 12.1 Å². The van der Waals surface area contributed by atoms with Crippen molar-refractivity contribution in [1.29, 1.82) is 0 Å². The van der Waals surface area contributed by atoms with Crippen LogP contribution in [-0.2, 0) is 6.42 Å². The molecule has 0 spiro atoms. The van der Waals surface area contributed by atoms with Gasteiger partial charge in [-0.05, 0) is 12.1 Å². The van der Waals surface area contributed by atoms with Crippen LogP contribution in [0.3, 0.4) is 0 Å². The van der Waals surface area contributed by atoms with Crippen molar-refractivity contribution in [3.63, 3.8) is 0 Å². The lowest BCUT2D eigenvalue weighted by Crippen LogP contribution is -2.22. The molecule has 0 amide bonds. The van der Waals surface area contributed by atoms with E-state index in [2.05, 4.69) is 15.3 Å². The first-order chi connectivity index (χ1) is 10.1. The Morgan fingerprint density at radius 2 is 2.19 bits per heavy atom. The Labute approximate surface area is 122 Å². The number of nitrogens with one attached hydrogen (secondary N) is 1.